The molecular formula is C9H15F2NO3. The van der Waals surface area contributed by atoms with Gasteiger partial charge in [-0.1, -0.05) is 0 Å². The van der Waals surface area contributed by atoms with Crippen LogP contribution >= 0.6 is 0 Å². The van der Waals surface area contributed by atoms with Crippen LogP contribution in [-0.2, 0) is 14.3 Å². The summed E-state index contributed by atoms with van der Waals surface area (Å²) in [5, 5.41) is 2.43. The average Bonchev–Trinajstić information content (AvgIpc) is 2.16. The van der Waals surface area contributed by atoms with Crippen molar-refractivity contribution in [3.63, 3.8) is 0 Å². The molecule has 1 atom stereocenters. The summed E-state index contributed by atoms with van der Waals surface area (Å²) >= 11 is 0. The third-order valence-corrected chi connectivity index (χ3v) is 1.70. The van der Waals surface area contributed by atoms with Crippen molar-refractivity contribution in [3.05, 3.63) is 0 Å². The molecule has 0 aromatic carbocycles. The largest absolute Gasteiger partial charge is 0.466 e. The monoisotopic (exact) mass is 223 g/mol. The first kappa shape index (κ1) is 14.0. The van der Waals surface area contributed by atoms with Gasteiger partial charge in [-0.15, -0.1) is 0 Å². The maximum Gasteiger partial charge on any atom is 0.307 e. The van der Waals surface area contributed by atoms with Crippen molar-refractivity contribution in [1.82, 2.24) is 5.32 Å². The summed E-state index contributed by atoms with van der Waals surface area (Å²) in [5.74, 6) is -0.441. The van der Waals surface area contributed by atoms with Crippen molar-refractivity contribution in [2.75, 3.05) is 13.2 Å². The van der Waals surface area contributed by atoms with Crippen molar-refractivity contribution >= 4 is 12.3 Å². The highest BCUT2D eigenvalue weighted by atomic mass is 19.3. The van der Waals surface area contributed by atoms with Gasteiger partial charge in [0.25, 0.3) is 6.43 Å². The predicted octanol–water partition coefficient (Wildman–Crippen LogP) is 0.752. The Morgan fingerprint density at radius 3 is 2.67 bits per heavy atom. The molecule has 1 unspecified atom stereocenters. The van der Waals surface area contributed by atoms with Gasteiger partial charge in [-0.2, -0.15) is 0 Å². The number of ether oxygens (including phenoxy) is 1. The van der Waals surface area contributed by atoms with Crippen molar-refractivity contribution < 1.29 is 23.1 Å². The van der Waals surface area contributed by atoms with Crippen LogP contribution in [0.2, 0.25) is 0 Å². The fourth-order valence-corrected chi connectivity index (χ4v) is 0.972. The minimum atomic E-state index is -2.61. The first-order chi connectivity index (χ1) is 7.11. The number of nitrogens with one attached hydrogen (secondary N) is 1. The number of esters is 1. The van der Waals surface area contributed by atoms with E-state index in [-0.39, 0.29) is 26.0 Å². The zero-order valence-corrected chi connectivity index (χ0v) is 8.54. The zero-order valence-electron chi connectivity index (χ0n) is 8.54. The first-order valence-electron chi connectivity index (χ1n) is 4.72. The van der Waals surface area contributed by atoms with Gasteiger partial charge in [0.15, 0.2) is 0 Å². The van der Waals surface area contributed by atoms with Crippen LogP contribution in [0, 0.1) is 0 Å². The van der Waals surface area contributed by atoms with Gasteiger partial charge in [0.1, 0.15) is 6.29 Å². The maximum atomic E-state index is 12.2. The molecule has 0 heterocycles. The quantitative estimate of drug-likeness (QED) is 0.487. The van der Waals surface area contributed by atoms with E-state index in [1.165, 1.54) is 0 Å². The predicted molar refractivity (Wildman–Crippen MR) is 49.7 cm³/mol. The summed E-state index contributed by atoms with van der Waals surface area (Å²) in [6, 6.07) is -1.18. The Morgan fingerprint density at radius 2 is 2.20 bits per heavy atom. The van der Waals surface area contributed by atoms with Crippen molar-refractivity contribution in [2.24, 2.45) is 0 Å². The highest BCUT2D eigenvalue weighted by Gasteiger charge is 2.19. The summed E-state index contributed by atoms with van der Waals surface area (Å²) < 4.78 is 29.1. The van der Waals surface area contributed by atoms with Gasteiger partial charge in [-0.05, 0) is 6.92 Å². The molecule has 1 N–H and O–H groups in total. The van der Waals surface area contributed by atoms with Crippen molar-refractivity contribution in [3.8, 4) is 0 Å². The Morgan fingerprint density at radius 1 is 1.53 bits per heavy atom. The van der Waals surface area contributed by atoms with Crippen LogP contribution in [0.4, 0.5) is 8.78 Å². The van der Waals surface area contributed by atoms with Crippen LogP contribution in [0.5, 0.6) is 0 Å². The van der Waals surface area contributed by atoms with Crippen LogP contribution in [-0.4, -0.2) is 37.9 Å². The number of alkyl halides is 2. The van der Waals surface area contributed by atoms with Gasteiger partial charge >= 0.3 is 5.97 Å². The van der Waals surface area contributed by atoms with Crippen molar-refractivity contribution in [1.29, 1.82) is 0 Å². The number of carbonyl (C=O) groups excluding carboxylic acids is 2. The van der Waals surface area contributed by atoms with Crippen molar-refractivity contribution in [2.45, 2.75) is 32.2 Å². The SMILES string of the molecule is CCOC(=O)CCNC(CC=O)C(F)F. The molecule has 15 heavy (non-hydrogen) atoms. The van der Waals surface area contributed by atoms with E-state index in [2.05, 4.69) is 10.1 Å². The molecule has 0 amide bonds. The molecule has 0 aromatic rings. The Kier molecular flexibility index (Phi) is 7.71. The molecule has 0 bridgehead atoms. The summed E-state index contributed by atoms with van der Waals surface area (Å²) in [7, 11) is 0. The summed E-state index contributed by atoms with van der Waals surface area (Å²) in [6.07, 6.45) is -2.43. The van der Waals surface area contributed by atoms with Crippen LogP contribution < -0.4 is 5.32 Å². The van der Waals surface area contributed by atoms with E-state index in [1.54, 1.807) is 6.92 Å². The third-order valence-electron chi connectivity index (χ3n) is 1.70. The van der Waals surface area contributed by atoms with E-state index in [0.29, 0.717) is 6.29 Å². The normalized spacial score (nSPS) is 12.5. The summed E-state index contributed by atoms with van der Waals surface area (Å²) in [6.45, 7) is 2.02. The van der Waals surface area contributed by atoms with Crippen LogP contribution in [0.15, 0.2) is 0 Å². The Hall–Kier alpha value is -1.04. The molecule has 0 saturated carbocycles. The lowest BCUT2D eigenvalue weighted by Crippen LogP contribution is -2.37. The number of rotatable bonds is 8. The topological polar surface area (TPSA) is 55.4 Å². The number of hydrogen-bond donors (Lipinski definition) is 1. The van der Waals surface area contributed by atoms with E-state index in [1.807, 2.05) is 0 Å². The standard InChI is InChI=1S/C9H15F2NO3/c1-2-15-8(14)3-5-12-7(4-6-13)9(10)11/h6-7,9,12H,2-5H2,1H3. The van der Waals surface area contributed by atoms with E-state index < -0.39 is 18.4 Å². The highest BCUT2D eigenvalue weighted by molar-refractivity contribution is 5.69. The molecule has 0 aliphatic heterocycles. The lowest BCUT2D eigenvalue weighted by Gasteiger charge is -2.14. The van der Waals surface area contributed by atoms with Gasteiger partial charge in [0, 0.05) is 13.0 Å². The van der Waals surface area contributed by atoms with Gasteiger partial charge in [-0.3, -0.25) is 4.79 Å². The Labute approximate surface area is 87.0 Å². The summed E-state index contributed by atoms with van der Waals surface area (Å²) in [5.41, 5.74) is 0. The van der Waals surface area contributed by atoms with E-state index in [9.17, 15) is 18.4 Å². The lowest BCUT2D eigenvalue weighted by molar-refractivity contribution is -0.143. The molecule has 0 aromatic heterocycles. The average molecular weight is 223 g/mol. The minimum absolute atomic E-state index is 0.0237. The number of hydrogen-bond acceptors (Lipinski definition) is 4. The Bertz CT molecular complexity index is 200. The maximum absolute atomic E-state index is 12.2. The van der Waals surface area contributed by atoms with Gasteiger partial charge in [-0.25, -0.2) is 8.78 Å². The fraction of sp³-hybridized carbons (Fsp3) is 0.778. The molecule has 6 heteroatoms. The first-order valence-corrected chi connectivity index (χ1v) is 4.72. The minimum Gasteiger partial charge on any atom is -0.466 e. The fourth-order valence-electron chi connectivity index (χ4n) is 0.972. The molecule has 0 rings (SSSR count). The molecule has 0 aliphatic rings. The van der Waals surface area contributed by atoms with E-state index in [0.717, 1.165) is 0 Å². The molecule has 0 saturated heterocycles. The molecule has 0 aliphatic carbocycles. The van der Waals surface area contributed by atoms with Crippen LogP contribution in [0.3, 0.4) is 0 Å². The van der Waals surface area contributed by atoms with Crippen LogP contribution in [0.25, 0.3) is 0 Å². The molecule has 88 valence electrons. The second kappa shape index (κ2) is 8.28. The summed E-state index contributed by atoms with van der Waals surface area (Å²) in [4.78, 5) is 20.9. The third kappa shape index (κ3) is 6.96. The van der Waals surface area contributed by atoms with E-state index >= 15 is 0 Å². The lowest BCUT2D eigenvalue weighted by atomic mass is 10.2. The molecular weight excluding hydrogens is 208 g/mol. The highest BCUT2D eigenvalue weighted by Crippen LogP contribution is 2.03. The second-order valence-electron chi connectivity index (χ2n) is 2.85. The molecule has 4 nitrogen and oxygen atoms in total. The number of halogens is 2. The van der Waals surface area contributed by atoms with Gasteiger partial charge in [0.2, 0.25) is 0 Å². The van der Waals surface area contributed by atoms with Gasteiger partial charge in [0.05, 0.1) is 19.1 Å². The molecule has 0 fully saturated rings. The smallest absolute Gasteiger partial charge is 0.307 e. The van der Waals surface area contributed by atoms with E-state index in [4.69, 9.17) is 0 Å². The number of carbonyl (C=O) groups is 2. The van der Waals surface area contributed by atoms with Crippen LogP contribution in [0.1, 0.15) is 19.8 Å². The molecule has 0 radical (unpaired) electrons. The second-order valence-corrected chi connectivity index (χ2v) is 2.85. The Balaban J connectivity index is 3.70. The number of aldehydes is 1. The molecule has 0 spiro atoms. The zero-order chi connectivity index (χ0) is 11.7. The van der Waals surface area contributed by atoms with Gasteiger partial charge < -0.3 is 14.8 Å².